The van der Waals surface area contributed by atoms with Gasteiger partial charge in [0.05, 0.1) is 13.2 Å². The van der Waals surface area contributed by atoms with Crippen LogP contribution in [0.5, 0.6) is 0 Å². The van der Waals surface area contributed by atoms with Crippen LogP contribution in [0.4, 0.5) is 0 Å². The first-order valence-electron chi connectivity index (χ1n) is 10.0. The van der Waals surface area contributed by atoms with Gasteiger partial charge in [0, 0.05) is 45.5 Å². The summed E-state index contributed by atoms with van der Waals surface area (Å²) in [6.45, 7) is 9.96. The Labute approximate surface area is 191 Å². The topological polar surface area (TPSA) is 61.8 Å². The van der Waals surface area contributed by atoms with Gasteiger partial charge >= 0.3 is 0 Å². The first-order chi connectivity index (χ1) is 13.2. The van der Waals surface area contributed by atoms with Crippen LogP contribution in [0.3, 0.4) is 0 Å². The predicted octanol–water partition coefficient (Wildman–Crippen LogP) is 3.20. The summed E-state index contributed by atoms with van der Waals surface area (Å²) in [5.41, 5.74) is 1.16. The second kappa shape index (κ2) is 14.4. The van der Waals surface area contributed by atoms with Gasteiger partial charge in [0.2, 0.25) is 0 Å². The van der Waals surface area contributed by atoms with E-state index in [0.717, 1.165) is 57.3 Å². The Morgan fingerprint density at radius 1 is 1.25 bits per heavy atom. The fourth-order valence-electron chi connectivity index (χ4n) is 3.64. The Balaban J connectivity index is 0.00000392. The summed E-state index contributed by atoms with van der Waals surface area (Å²) < 4.78 is 5.53. The molecule has 8 heteroatoms. The van der Waals surface area contributed by atoms with E-state index in [1.807, 2.05) is 25.4 Å². The molecule has 28 heavy (non-hydrogen) atoms. The van der Waals surface area contributed by atoms with Crippen molar-refractivity contribution >= 4 is 41.5 Å². The van der Waals surface area contributed by atoms with Crippen LogP contribution in [-0.4, -0.2) is 68.3 Å². The molecule has 0 bridgehead atoms. The van der Waals surface area contributed by atoms with Gasteiger partial charge in [-0.1, -0.05) is 44.4 Å². The lowest BCUT2D eigenvalue weighted by Gasteiger charge is -2.39. The molecule has 2 rings (SSSR count). The number of rotatable bonds is 9. The summed E-state index contributed by atoms with van der Waals surface area (Å²) in [7, 11) is 1.82. The van der Waals surface area contributed by atoms with Crippen LogP contribution in [0, 0.1) is 5.92 Å². The smallest absolute Gasteiger partial charge is 0.191 e. The van der Waals surface area contributed by atoms with Gasteiger partial charge < -0.3 is 15.4 Å². The number of nitrogens with zero attached hydrogens (tertiary/aromatic N) is 3. The van der Waals surface area contributed by atoms with Crippen LogP contribution in [0.25, 0.3) is 0 Å². The lowest BCUT2D eigenvalue weighted by molar-refractivity contribution is 0.00272. The minimum atomic E-state index is 0. The summed E-state index contributed by atoms with van der Waals surface area (Å²) in [5.74, 6) is 1.52. The first kappa shape index (κ1) is 25.4. The van der Waals surface area contributed by atoms with E-state index in [4.69, 9.17) is 16.3 Å². The van der Waals surface area contributed by atoms with Crippen molar-refractivity contribution in [3.63, 3.8) is 0 Å². The van der Waals surface area contributed by atoms with E-state index in [-0.39, 0.29) is 24.0 Å². The average molecular weight is 524 g/mol. The highest BCUT2D eigenvalue weighted by Crippen LogP contribution is 2.19. The Morgan fingerprint density at radius 2 is 1.96 bits per heavy atom. The summed E-state index contributed by atoms with van der Waals surface area (Å²) in [6.07, 6.45) is 5.08. The number of halogens is 2. The maximum Gasteiger partial charge on any atom is 0.191 e. The van der Waals surface area contributed by atoms with Crippen molar-refractivity contribution in [1.29, 1.82) is 0 Å². The van der Waals surface area contributed by atoms with E-state index in [1.165, 1.54) is 12.8 Å². The van der Waals surface area contributed by atoms with Crippen molar-refractivity contribution in [2.45, 2.75) is 39.2 Å². The molecule has 0 saturated carbocycles. The zero-order valence-electron chi connectivity index (χ0n) is 17.3. The lowest BCUT2D eigenvalue weighted by atomic mass is 9.92. The highest BCUT2D eigenvalue weighted by atomic mass is 127. The van der Waals surface area contributed by atoms with Crippen molar-refractivity contribution in [1.82, 2.24) is 20.5 Å². The number of pyridine rings is 1. The van der Waals surface area contributed by atoms with E-state index < -0.39 is 0 Å². The molecule has 1 fully saturated rings. The standard InChI is InChI=1S/C20H34ClN5O.HI/c1-4-17(5-2)18(26-10-12-27-13-11-26)15-25-20(22-3)23-9-8-16-6-7-19(21)24-14-16;/h6-7,14,17-18H,4-5,8-13,15H2,1-3H3,(H2,22,23,25);1H. The number of aliphatic imine (C=N–C) groups is 1. The fourth-order valence-corrected chi connectivity index (χ4v) is 3.75. The molecule has 1 aliphatic rings. The zero-order valence-corrected chi connectivity index (χ0v) is 20.4. The van der Waals surface area contributed by atoms with Gasteiger partial charge in [-0.2, -0.15) is 0 Å². The zero-order chi connectivity index (χ0) is 19.5. The number of guanidine groups is 1. The van der Waals surface area contributed by atoms with Gasteiger partial charge in [-0.25, -0.2) is 4.98 Å². The maximum atomic E-state index is 5.84. The fraction of sp³-hybridized carbons (Fsp3) is 0.700. The molecule has 6 nitrogen and oxygen atoms in total. The Bertz CT molecular complexity index is 562. The molecule has 0 radical (unpaired) electrons. The van der Waals surface area contributed by atoms with Crippen molar-refractivity contribution in [2.75, 3.05) is 46.4 Å². The maximum absolute atomic E-state index is 5.84. The minimum absolute atomic E-state index is 0. The molecule has 1 aromatic heterocycles. The van der Waals surface area contributed by atoms with Crippen LogP contribution >= 0.6 is 35.6 Å². The lowest BCUT2D eigenvalue weighted by Crippen LogP contribution is -2.53. The molecule has 2 heterocycles. The third-order valence-electron chi connectivity index (χ3n) is 5.30. The Hall–Kier alpha value is -0.640. The second-order valence-corrected chi connectivity index (χ2v) is 7.30. The minimum Gasteiger partial charge on any atom is -0.379 e. The number of aromatic nitrogens is 1. The van der Waals surface area contributed by atoms with Gasteiger partial charge in [0.25, 0.3) is 0 Å². The van der Waals surface area contributed by atoms with Crippen molar-refractivity contribution in [3.8, 4) is 0 Å². The normalized spacial score (nSPS) is 16.5. The van der Waals surface area contributed by atoms with Gasteiger partial charge in [-0.05, 0) is 24.0 Å². The van der Waals surface area contributed by atoms with Gasteiger partial charge in [0.15, 0.2) is 5.96 Å². The van der Waals surface area contributed by atoms with Crippen molar-refractivity contribution in [3.05, 3.63) is 29.0 Å². The average Bonchev–Trinajstić information content (AvgIpc) is 2.71. The molecule has 1 atom stereocenters. The van der Waals surface area contributed by atoms with Crippen molar-refractivity contribution < 1.29 is 4.74 Å². The Kier molecular flexibility index (Phi) is 13.0. The van der Waals surface area contributed by atoms with E-state index in [2.05, 4.69) is 39.4 Å². The van der Waals surface area contributed by atoms with E-state index in [1.54, 1.807) is 0 Å². The number of ether oxygens (including phenoxy) is 1. The highest BCUT2D eigenvalue weighted by Gasteiger charge is 2.26. The van der Waals surface area contributed by atoms with Crippen LogP contribution in [-0.2, 0) is 11.2 Å². The number of nitrogens with one attached hydrogen (secondary N) is 2. The second-order valence-electron chi connectivity index (χ2n) is 6.91. The summed E-state index contributed by atoms with van der Waals surface area (Å²) in [4.78, 5) is 11.1. The van der Waals surface area contributed by atoms with Crippen LogP contribution < -0.4 is 10.6 Å². The summed E-state index contributed by atoms with van der Waals surface area (Å²) in [5, 5.41) is 7.46. The SMILES string of the molecule is CCC(CC)C(CNC(=NC)NCCc1ccc(Cl)nc1)N1CCOCC1.I. The molecule has 1 saturated heterocycles. The third kappa shape index (κ3) is 8.39. The number of morpholine rings is 1. The molecule has 0 aliphatic carbocycles. The number of hydrogen-bond donors (Lipinski definition) is 2. The van der Waals surface area contributed by atoms with E-state index >= 15 is 0 Å². The van der Waals surface area contributed by atoms with Gasteiger partial charge in [0.1, 0.15) is 5.15 Å². The molecule has 0 amide bonds. The van der Waals surface area contributed by atoms with Crippen LogP contribution in [0.1, 0.15) is 32.3 Å². The molecule has 1 aromatic rings. The summed E-state index contributed by atoms with van der Waals surface area (Å²) >= 11 is 5.84. The van der Waals surface area contributed by atoms with Crippen LogP contribution in [0.2, 0.25) is 5.15 Å². The first-order valence-corrected chi connectivity index (χ1v) is 10.4. The van der Waals surface area contributed by atoms with Gasteiger partial charge in [-0.15, -0.1) is 24.0 Å². The van der Waals surface area contributed by atoms with E-state index in [0.29, 0.717) is 17.1 Å². The monoisotopic (exact) mass is 523 g/mol. The summed E-state index contributed by atoms with van der Waals surface area (Å²) in [6, 6.07) is 4.34. The molecular formula is C20H35ClIN5O. The predicted molar refractivity (Wildman–Crippen MR) is 128 cm³/mol. The molecule has 0 aromatic carbocycles. The van der Waals surface area contributed by atoms with Gasteiger partial charge in [-0.3, -0.25) is 9.89 Å². The molecule has 2 N–H and O–H groups in total. The Morgan fingerprint density at radius 3 is 2.54 bits per heavy atom. The van der Waals surface area contributed by atoms with Crippen molar-refractivity contribution in [2.24, 2.45) is 10.9 Å². The molecule has 1 aliphatic heterocycles. The highest BCUT2D eigenvalue weighted by molar-refractivity contribution is 14.0. The largest absolute Gasteiger partial charge is 0.379 e. The quantitative estimate of drug-likeness (QED) is 0.225. The van der Waals surface area contributed by atoms with Crippen LogP contribution in [0.15, 0.2) is 23.3 Å². The molecule has 1 unspecified atom stereocenters. The van der Waals surface area contributed by atoms with E-state index in [9.17, 15) is 0 Å². The number of hydrogen-bond acceptors (Lipinski definition) is 4. The molecule has 0 spiro atoms. The third-order valence-corrected chi connectivity index (χ3v) is 5.53. The molecule has 160 valence electrons. The molecular weight excluding hydrogens is 489 g/mol.